The third-order valence-electron chi connectivity index (χ3n) is 3.76. The minimum Gasteiger partial charge on any atom is -0.467 e. The van der Waals surface area contributed by atoms with Crippen molar-refractivity contribution in [1.29, 1.82) is 0 Å². The Balaban J connectivity index is 1.68. The SMILES string of the molecule is CCNC(=NCc1ccco1)NCCCN1CC(C)OC(C)C1. The second-order valence-electron chi connectivity index (χ2n) is 6.07. The summed E-state index contributed by atoms with van der Waals surface area (Å²) in [6, 6.07) is 3.82. The van der Waals surface area contributed by atoms with Crippen LogP contribution in [0.15, 0.2) is 27.8 Å². The first-order valence-electron chi connectivity index (χ1n) is 8.59. The topological polar surface area (TPSA) is 62.0 Å². The van der Waals surface area contributed by atoms with Gasteiger partial charge >= 0.3 is 0 Å². The summed E-state index contributed by atoms with van der Waals surface area (Å²) in [7, 11) is 0. The highest BCUT2D eigenvalue weighted by atomic mass is 16.5. The Morgan fingerprint density at radius 1 is 1.30 bits per heavy atom. The number of hydrogen-bond acceptors (Lipinski definition) is 4. The maximum absolute atomic E-state index is 5.76. The van der Waals surface area contributed by atoms with E-state index < -0.39 is 0 Å². The molecule has 0 radical (unpaired) electrons. The smallest absolute Gasteiger partial charge is 0.191 e. The first kappa shape index (κ1) is 17.8. The van der Waals surface area contributed by atoms with Crippen molar-refractivity contribution in [2.75, 3.05) is 32.7 Å². The van der Waals surface area contributed by atoms with Crippen molar-refractivity contribution < 1.29 is 9.15 Å². The molecule has 2 N–H and O–H groups in total. The van der Waals surface area contributed by atoms with Gasteiger partial charge in [-0.1, -0.05) is 0 Å². The molecule has 130 valence electrons. The lowest BCUT2D eigenvalue weighted by Gasteiger charge is -2.35. The summed E-state index contributed by atoms with van der Waals surface area (Å²) in [6.07, 6.45) is 3.43. The summed E-state index contributed by atoms with van der Waals surface area (Å²) in [6.45, 7) is 11.8. The number of nitrogens with zero attached hydrogens (tertiary/aromatic N) is 2. The van der Waals surface area contributed by atoms with Gasteiger partial charge in [0.15, 0.2) is 5.96 Å². The Morgan fingerprint density at radius 2 is 2.09 bits per heavy atom. The molecule has 1 aromatic rings. The van der Waals surface area contributed by atoms with Crippen LogP contribution in [0.25, 0.3) is 0 Å². The molecule has 2 heterocycles. The third-order valence-corrected chi connectivity index (χ3v) is 3.76. The second-order valence-corrected chi connectivity index (χ2v) is 6.07. The van der Waals surface area contributed by atoms with Crippen molar-refractivity contribution >= 4 is 5.96 Å². The standard InChI is InChI=1S/C17H30N4O2/c1-4-18-17(20-11-16-7-5-10-22-16)19-8-6-9-21-12-14(2)23-15(3)13-21/h5,7,10,14-15H,4,6,8-9,11-13H2,1-3H3,(H2,18,19,20). The lowest BCUT2D eigenvalue weighted by Crippen LogP contribution is -2.46. The van der Waals surface area contributed by atoms with Crippen molar-refractivity contribution in [1.82, 2.24) is 15.5 Å². The van der Waals surface area contributed by atoms with E-state index >= 15 is 0 Å². The van der Waals surface area contributed by atoms with Gasteiger partial charge in [-0.25, -0.2) is 4.99 Å². The van der Waals surface area contributed by atoms with Gasteiger partial charge in [0.2, 0.25) is 0 Å². The quantitative estimate of drug-likeness (QED) is 0.456. The molecule has 0 amide bonds. The molecule has 1 aliphatic rings. The Hall–Kier alpha value is -1.53. The van der Waals surface area contributed by atoms with Crippen molar-refractivity contribution in [2.45, 2.75) is 45.9 Å². The fraction of sp³-hybridized carbons (Fsp3) is 0.706. The molecule has 0 saturated carbocycles. The molecule has 23 heavy (non-hydrogen) atoms. The van der Waals surface area contributed by atoms with Gasteiger partial charge in [0, 0.05) is 32.7 Å². The Labute approximate surface area is 139 Å². The summed E-state index contributed by atoms with van der Waals surface area (Å²) < 4.78 is 11.1. The average Bonchev–Trinajstić information content (AvgIpc) is 3.01. The Morgan fingerprint density at radius 3 is 2.74 bits per heavy atom. The second kappa shape index (κ2) is 9.57. The van der Waals surface area contributed by atoms with E-state index in [1.54, 1.807) is 6.26 Å². The van der Waals surface area contributed by atoms with Gasteiger partial charge in [0.25, 0.3) is 0 Å². The van der Waals surface area contributed by atoms with Crippen LogP contribution < -0.4 is 10.6 Å². The molecule has 2 rings (SSSR count). The number of morpholine rings is 1. The molecule has 1 aliphatic heterocycles. The van der Waals surface area contributed by atoms with Crippen molar-refractivity contribution in [2.24, 2.45) is 4.99 Å². The van der Waals surface area contributed by atoms with Crippen LogP contribution in [0, 0.1) is 0 Å². The lowest BCUT2D eigenvalue weighted by atomic mass is 10.2. The van der Waals surface area contributed by atoms with E-state index in [2.05, 4.69) is 41.3 Å². The molecule has 2 unspecified atom stereocenters. The van der Waals surface area contributed by atoms with Gasteiger partial charge in [-0.3, -0.25) is 4.90 Å². The molecule has 0 bridgehead atoms. The number of ether oxygens (including phenoxy) is 1. The van der Waals surface area contributed by atoms with E-state index in [1.165, 1.54) is 0 Å². The normalized spacial score (nSPS) is 23.0. The predicted molar refractivity (Wildman–Crippen MR) is 92.6 cm³/mol. The van der Waals surface area contributed by atoms with E-state index in [0.717, 1.165) is 50.9 Å². The lowest BCUT2D eigenvalue weighted by molar-refractivity contribution is -0.0679. The zero-order valence-corrected chi connectivity index (χ0v) is 14.5. The maximum Gasteiger partial charge on any atom is 0.191 e. The highest BCUT2D eigenvalue weighted by Crippen LogP contribution is 2.10. The Bertz CT molecular complexity index is 451. The van der Waals surface area contributed by atoms with Crippen LogP contribution in [0.1, 0.15) is 33.0 Å². The van der Waals surface area contributed by atoms with E-state index in [0.29, 0.717) is 18.8 Å². The minimum atomic E-state index is 0.332. The van der Waals surface area contributed by atoms with E-state index in [9.17, 15) is 0 Å². The summed E-state index contributed by atoms with van der Waals surface area (Å²) >= 11 is 0. The van der Waals surface area contributed by atoms with Crippen LogP contribution in [0.2, 0.25) is 0 Å². The molecule has 6 heteroatoms. The summed E-state index contributed by atoms with van der Waals surface area (Å²) in [5.74, 6) is 1.71. The summed E-state index contributed by atoms with van der Waals surface area (Å²) in [5.41, 5.74) is 0. The summed E-state index contributed by atoms with van der Waals surface area (Å²) in [5, 5.41) is 6.65. The fourth-order valence-corrected chi connectivity index (χ4v) is 2.88. The zero-order chi connectivity index (χ0) is 16.5. The van der Waals surface area contributed by atoms with Crippen molar-refractivity contribution in [3.8, 4) is 0 Å². The van der Waals surface area contributed by atoms with Crippen molar-refractivity contribution in [3.05, 3.63) is 24.2 Å². The monoisotopic (exact) mass is 322 g/mol. The largest absolute Gasteiger partial charge is 0.467 e. The fourth-order valence-electron chi connectivity index (χ4n) is 2.88. The molecule has 2 atom stereocenters. The van der Waals surface area contributed by atoms with Crippen LogP contribution in [0.5, 0.6) is 0 Å². The maximum atomic E-state index is 5.76. The molecule has 0 spiro atoms. The number of aliphatic imine (C=N–C) groups is 1. The van der Waals surface area contributed by atoms with E-state index in [-0.39, 0.29) is 0 Å². The number of hydrogen-bond donors (Lipinski definition) is 2. The van der Waals surface area contributed by atoms with Crippen LogP contribution in [0.4, 0.5) is 0 Å². The first-order chi connectivity index (χ1) is 11.2. The van der Waals surface area contributed by atoms with Crippen molar-refractivity contribution in [3.63, 3.8) is 0 Å². The summed E-state index contributed by atoms with van der Waals surface area (Å²) in [4.78, 5) is 7.01. The average molecular weight is 322 g/mol. The first-order valence-corrected chi connectivity index (χ1v) is 8.59. The van der Waals surface area contributed by atoms with Crippen LogP contribution in [-0.2, 0) is 11.3 Å². The third kappa shape index (κ3) is 6.62. The van der Waals surface area contributed by atoms with E-state index in [1.807, 2.05) is 12.1 Å². The Kier molecular flexibility index (Phi) is 7.42. The zero-order valence-electron chi connectivity index (χ0n) is 14.5. The van der Waals surface area contributed by atoms with Gasteiger partial charge in [-0.15, -0.1) is 0 Å². The van der Waals surface area contributed by atoms with Gasteiger partial charge in [-0.2, -0.15) is 0 Å². The molecule has 0 aliphatic carbocycles. The van der Waals surface area contributed by atoms with E-state index in [4.69, 9.17) is 9.15 Å². The molecule has 1 fully saturated rings. The number of rotatable bonds is 7. The van der Waals surface area contributed by atoms with Gasteiger partial charge < -0.3 is 19.8 Å². The number of nitrogens with one attached hydrogen (secondary N) is 2. The predicted octanol–water partition coefficient (Wildman–Crippen LogP) is 1.83. The molecule has 6 nitrogen and oxygen atoms in total. The van der Waals surface area contributed by atoms with Crippen LogP contribution in [-0.4, -0.2) is 55.8 Å². The van der Waals surface area contributed by atoms with Crippen LogP contribution in [0.3, 0.4) is 0 Å². The number of furan rings is 1. The number of guanidine groups is 1. The van der Waals surface area contributed by atoms with Gasteiger partial charge in [0.05, 0.1) is 18.5 Å². The van der Waals surface area contributed by atoms with Crippen LogP contribution >= 0.6 is 0 Å². The highest BCUT2D eigenvalue weighted by molar-refractivity contribution is 5.79. The molecular weight excluding hydrogens is 292 g/mol. The highest BCUT2D eigenvalue weighted by Gasteiger charge is 2.21. The molecule has 0 aromatic carbocycles. The molecular formula is C17H30N4O2. The van der Waals surface area contributed by atoms with Gasteiger partial charge in [-0.05, 0) is 39.3 Å². The molecule has 1 saturated heterocycles. The minimum absolute atomic E-state index is 0.332. The molecule has 1 aromatic heterocycles. The van der Waals surface area contributed by atoms with Gasteiger partial charge in [0.1, 0.15) is 12.3 Å².